The Labute approximate surface area is 383 Å². The van der Waals surface area contributed by atoms with Gasteiger partial charge in [0.1, 0.15) is 47.8 Å². The van der Waals surface area contributed by atoms with Crippen molar-refractivity contribution in [3.8, 4) is 44.7 Å². The molecule has 2 atom stereocenters. The van der Waals surface area contributed by atoms with Crippen molar-refractivity contribution in [2.75, 3.05) is 77.5 Å². The van der Waals surface area contributed by atoms with Gasteiger partial charge >= 0.3 is 5.97 Å². The normalized spacial score (nSPS) is 18.6. The van der Waals surface area contributed by atoms with Crippen molar-refractivity contribution in [1.82, 2.24) is 35.1 Å². The molecule has 4 aliphatic rings. The van der Waals surface area contributed by atoms with E-state index < -0.39 is 24.0 Å². The molecule has 6 aromatic rings. The van der Waals surface area contributed by atoms with Crippen LogP contribution in [0.3, 0.4) is 0 Å². The number of carboxylic acids is 1. The number of aliphatic carboxylic acids is 1. The summed E-state index contributed by atoms with van der Waals surface area (Å²) in [6.45, 7) is 11.3. The van der Waals surface area contributed by atoms with Crippen LogP contribution in [-0.2, 0) is 17.8 Å². The summed E-state index contributed by atoms with van der Waals surface area (Å²) in [5.41, 5.74) is 4.49. The number of carbonyl (C=O) groups is 1. The minimum Gasteiger partial charge on any atom is -0.490 e. The minimum absolute atomic E-state index is 0.0382. The zero-order valence-corrected chi connectivity index (χ0v) is 37.9. The van der Waals surface area contributed by atoms with Gasteiger partial charge in [-0.2, -0.15) is 0 Å². The molecule has 18 heteroatoms. The number of nitrogens with one attached hydrogen (secondary N) is 1. The molecule has 0 amide bonds. The van der Waals surface area contributed by atoms with Gasteiger partial charge in [0.05, 0.1) is 21.1 Å². The van der Waals surface area contributed by atoms with Crippen molar-refractivity contribution in [1.29, 1.82) is 0 Å². The van der Waals surface area contributed by atoms with Crippen LogP contribution in [0.5, 0.6) is 23.1 Å². The maximum atomic E-state index is 14.3. The molecule has 3 aromatic carbocycles. The molecule has 2 N–H and O–H groups in total. The molecule has 0 radical (unpaired) electrons. The Hall–Kier alpha value is -5.36. The van der Waals surface area contributed by atoms with Gasteiger partial charge in [-0.3, -0.25) is 4.90 Å². The first-order valence-electron chi connectivity index (χ1n) is 21.2. The third-order valence-corrected chi connectivity index (χ3v) is 13.9. The molecular formula is C46H47Cl2FN8O6S. The van der Waals surface area contributed by atoms with Gasteiger partial charge < -0.3 is 39.2 Å². The molecule has 4 bridgehead atoms. The van der Waals surface area contributed by atoms with Crippen molar-refractivity contribution >= 4 is 56.7 Å². The van der Waals surface area contributed by atoms with E-state index in [2.05, 4.69) is 42.0 Å². The summed E-state index contributed by atoms with van der Waals surface area (Å²) >= 11 is 16.0. The highest BCUT2D eigenvalue weighted by Gasteiger charge is 2.32. The van der Waals surface area contributed by atoms with Crippen molar-refractivity contribution in [3.05, 3.63) is 99.3 Å². The molecule has 64 heavy (non-hydrogen) atoms. The zero-order chi connectivity index (χ0) is 44.5. The van der Waals surface area contributed by atoms with E-state index in [1.54, 1.807) is 42.6 Å². The zero-order valence-electron chi connectivity index (χ0n) is 35.6. The molecular weight excluding hydrogens is 883 g/mol. The van der Waals surface area contributed by atoms with Crippen LogP contribution in [0.4, 0.5) is 10.3 Å². The fraction of sp³-hybridized carbons (Fsp3) is 0.370. The van der Waals surface area contributed by atoms with Crippen molar-refractivity contribution < 1.29 is 33.2 Å². The molecule has 10 rings (SSSR count). The lowest BCUT2D eigenvalue weighted by molar-refractivity contribution is -0.145. The van der Waals surface area contributed by atoms with Crippen LogP contribution in [0.25, 0.3) is 31.8 Å². The standard InChI is InChI=1S/C46H47Cl2FN8O6S/c1-26-36-27(2)40(48)41(39(26)47)62-33(22-56-18-16-55(3)17-19-56)24-60-32-8-9-34(61-23-31-10-11-51-46(54-31)57-14-12-50-13-15-57)29(20-32)21-35(45(58)59)63-43-38-37(36)42(64-44(38)53-25-52-43)28-4-6-30(49)7-5-28/h4-11,20,25,33,35,50H,12-19,21-24H2,1-3H3,(H,58,59)/t33-,35-/m1/s1. The lowest BCUT2D eigenvalue weighted by atomic mass is 9.92. The minimum atomic E-state index is -1.45. The van der Waals surface area contributed by atoms with E-state index in [0.717, 1.165) is 52.4 Å². The molecule has 2 fully saturated rings. The summed E-state index contributed by atoms with van der Waals surface area (Å²) in [5.74, 6) is 0.268. The van der Waals surface area contributed by atoms with Crippen LogP contribution in [0.1, 0.15) is 22.4 Å². The molecule has 3 aromatic heterocycles. The first-order valence-corrected chi connectivity index (χ1v) is 22.7. The summed E-state index contributed by atoms with van der Waals surface area (Å²) in [7, 11) is 2.11. The lowest BCUT2D eigenvalue weighted by Gasteiger charge is -2.35. The third-order valence-electron chi connectivity index (χ3n) is 11.8. The van der Waals surface area contributed by atoms with Crippen molar-refractivity contribution in [2.45, 2.75) is 39.1 Å². The Morgan fingerprint density at radius 3 is 2.44 bits per heavy atom. The molecule has 14 nitrogen and oxygen atoms in total. The summed E-state index contributed by atoms with van der Waals surface area (Å²) in [6, 6.07) is 13.3. The predicted octanol–water partition coefficient (Wildman–Crippen LogP) is 7.33. The second-order valence-corrected chi connectivity index (χ2v) is 18.0. The number of hydrogen-bond acceptors (Lipinski definition) is 14. The van der Waals surface area contributed by atoms with E-state index in [9.17, 15) is 14.3 Å². The molecule has 0 saturated carbocycles. The number of carboxylic acid groups (broad SMARTS) is 1. The number of anilines is 1. The van der Waals surface area contributed by atoms with Crippen molar-refractivity contribution in [3.63, 3.8) is 0 Å². The van der Waals surface area contributed by atoms with E-state index in [1.807, 2.05) is 13.8 Å². The summed E-state index contributed by atoms with van der Waals surface area (Å²) in [6.07, 6.45) is 0.958. The van der Waals surface area contributed by atoms with E-state index in [0.29, 0.717) is 94.0 Å². The second kappa shape index (κ2) is 19.0. The van der Waals surface area contributed by atoms with Gasteiger partial charge in [0, 0.05) is 87.5 Å². The number of aromatic nitrogens is 4. The van der Waals surface area contributed by atoms with Gasteiger partial charge in [-0.1, -0.05) is 35.3 Å². The van der Waals surface area contributed by atoms with Crippen LogP contribution in [-0.4, -0.2) is 126 Å². The smallest absolute Gasteiger partial charge is 0.345 e. The summed E-state index contributed by atoms with van der Waals surface area (Å²) < 4.78 is 40.6. The van der Waals surface area contributed by atoms with E-state index in [4.69, 9.17) is 47.1 Å². The number of hydrogen-bond donors (Lipinski definition) is 2. The fourth-order valence-corrected chi connectivity index (χ4v) is 10.0. The van der Waals surface area contributed by atoms with Crippen LogP contribution >= 0.6 is 34.5 Å². The Kier molecular flexibility index (Phi) is 13.0. The molecule has 0 spiro atoms. The van der Waals surface area contributed by atoms with Gasteiger partial charge in [-0.25, -0.2) is 29.1 Å². The predicted molar refractivity (Wildman–Crippen MR) is 245 cm³/mol. The van der Waals surface area contributed by atoms with Crippen LogP contribution in [0, 0.1) is 19.7 Å². The Morgan fingerprint density at radius 2 is 1.70 bits per heavy atom. The quantitative estimate of drug-likeness (QED) is 0.157. The van der Waals surface area contributed by atoms with Gasteiger partial charge in [0.25, 0.3) is 0 Å². The topological polar surface area (TPSA) is 148 Å². The first-order chi connectivity index (χ1) is 31.0. The van der Waals surface area contributed by atoms with Gasteiger partial charge in [0.15, 0.2) is 5.75 Å². The number of thiophene rings is 1. The number of piperazine rings is 2. The van der Waals surface area contributed by atoms with Crippen LogP contribution in [0.2, 0.25) is 10.0 Å². The molecule has 4 aliphatic heterocycles. The Balaban J connectivity index is 1.16. The highest BCUT2D eigenvalue weighted by molar-refractivity contribution is 7.22. The number of rotatable bonds is 8. The number of halogens is 3. The average Bonchev–Trinajstić information content (AvgIpc) is 3.69. The van der Waals surface area contributed by atoms with Crippen molar-refractivity contribution in [2.24, 2.45) is 0 Å². The van der Waals surface area contributed by atoms with E-state index >= 15 is 0 Å². The number of nitrogens with zero attached hydrogens (tertiary/aromatic N) is 7. The highest BCUT2D eigenvalue weighted by Crippen LogP contribution is 2.53. The Morgan fingerprint density at radius 1 is 0.953 bits per heavy atom. The van der Waals surface area contributed by atoms with Gasteiger partial charge in [-0.15, -0.1) is 11.3 Å². The SMILES string of the molecule is Cc1c(Cl)c2c(Cl)c(C)c1-c1c(-c3ccc(F)cc3)sc3ncnc(c13)O[C@@H](C(=O)O)Cc1cc(ccc1OCc1ccnc(N3CCNCC3)n1)OC[C@@H](CN1CCN(C)CC1)O2. The second-order valence-electron chi connectivity index (χ2n) is 16.2. The largest absolute Gasteiger partial charge is 0.490 e. The lowest BCUT2D eigenvalue weighted by Crippen LogP contribution is -2.49. The number of likely N-dealkylation sites (N-methyl/N-ethyl adjacent to an activating group) is 1. The van der Waals surface area contributed by atoms with Crippen LogP contribution in [0.15, 0.2) is 61.1 Å². The fourth-order valence-electron chi connectivity index (χ4n) is 8.35. The Bertz CT molecular complexity index is 2650. The third kappa shape index (κ3) is 9.26. The summed E-state index contributed by atoms with van der Waals surface area (Å²) in [4.78, 5) is 39.7. The average molecular weight is 930 g/mol. The molecule has 2 saturated heterocycles. The molecule has 7 heterocycles. The monoisotopic (exact) mass is 928 g/mol. The molecule has 334 valence electrons. The van der Waals surface area contributed by atoms with E-state index in [1.165, 1.54) is 29.8 Å². The van der Waals surface area contributed by atoms with Gasteiger partial charge in [-0.05, 0) is 79.5 Å². The number of fused-ring (bicyclic) bond motifs is 7. The number of ether oxygens (including phenoxy) is 4. The maximum absolute atomic E-state index is 14.3. The molecule has 0 unspecified atom stereocenters. The molecule has 0 aliphatic carbocycles. The maximum Gasteiger partial charge on any atom is 0.345 e. The highest BCUT2D eigenvalue weighted by atomic mass is 35.5. The van der Waals surface area contributed by atoms with Crippen LogP contribution < -0.4 is 29.2 Å². The number of benzene rings is 3. The first kappa shape index (κ1) is 43.9. The van der Waals surface area contributed by atoms with Gasteiger partial charge in [0.2, 0.25) is 17.9 Å². The van der Waals surface area contributed by atoms with E-state index in [-0.39, 0.29) is 25.5 Å². The summed E-state index contributed by atoms with van der Waals surface area (Å²) in [5, 5.41) is 15.3.